The van der Waals surface area contributed by atoms with Crippen molar-refractivity contribution in [3.8, 4) is 0 Å². The Morgan fingerprint density at radius 1 is 1.53 bits per heavy atom. The number of hydrogen-bond acceptors (Lipinski definition) is 4. The van der Waals surface area contributed by atoms with Gasteiger partial charge in [0.05, 0.1) is 11.9 Å². The summed E-state index contributed by atoms with van der Waals surface area (Å²) in [6, 6.07) is 3.60. The third kappa shape index (κ3) is 2.62. The lowest BCUT2D eigenvalue weighted by atomic mass is 9.91. The van der Waals surface area contributed by atoms with E-state index in [9.17, 15) is 4.79 Å². The van der Waals surface area contributed by atoms with Crippen molar-refractivity contribution in [3.05, 3.63) is 24.5 Å². The average Bonchev–Trinajstić information content (AvgIpc) is 2.40. The van der Waals surface area contributed by atoms with E-state index in [1.165, 1.54) is 0 Å². The van der Waals surface area contributed by atoms with Crippen molar-refractivity contribution in [2.24, 2.45) is 0 Å². The molecule has 0 saturated carbocycles. The smallest absolute Gasteiger partial charge is 0.256 e. The third-order valence-electron chi connectivity index (χ3n) is 3.14. The van der Waals surface area contributed by atoms with Crippen LogP contribution in [-0.2, 0) is 9.53 Å². The van der Waals surface area contributed by atoms with Crippen LogP contribution in [0.5, 0.6) is 0 Å². The SMILES string of the molecule is COC1(C(=O)Nc2cccnc2)CCNCC1. The zero-order chi connectivity index (χ0) is 12.1. The lowest BCUT2D eigenvalue weighted by molar-refractivity contribution is -0.140. The molecular formula is C12H17N3O2. The quantitative estimate of drug-likeness (QED) is 0.813. The maximum atomic E-state index is 12.2. The molecule has 2 rings (SSSR count). The maximum Gasteiger partial charge on any atom is 0.256 e. The Morgan fingerprint density at radius 3 is 2.88 bits per heavy atom. The number of aromatic nitrogens is 1. The van der Waals surface area contributed by atoms with E-state index >= 15 is 0 Å². The molecule has 0 bridgehead atoms. The second-order valence-electron chi connectivity index (χ2n) is 4.14. The summed E-state index contributed by atoms with van der Waals surface area (Å²) >= 11 is 0. The molecule has 1 fully saturated rings. The lowest BCUT2D eigenvalue weighted by Crippen LogP contribution is -2.51. The number of carbonyl (C=O) groups excluding carboxylic acids is 1. The van der Waals surface area contributed by atoms with E-state index in [4.69, 9.17) is 4.74 Å². The van der Waals surface area contributed by atoms with Gasteiger partial charge in [0.25, 0.3) is 5.91 Å². The summed E-state index contributed by atoms with van der Waals surface area (Å²) in [6.45, 7) is 1.60. The fourth-order valence-electron chi connectivity index (χ4n) is 2.04. The maximum absolute atomic E-state index is 12.2. The Labute approximate surface area is 101 Å². The van der Waals surface area contributed by atoms with Crippen LogP contribution in [0, 0.1) is 0 Å². The van der Waals surface area contributed by atoms with Crippen LogP contribution in [0.15, 0.2) is 24.5 Å². The molecule has 1 aliphatic heterocycles. The molecule has 1 aromatic heterocycles. The van der Waals surface area contributed by atoms with E-state index < -0.39 is 5.60 Å². The normalized spacial score (nSPS) is 18.6. The highest BCUT2D eigenvalue weighted by Gasteiger charge is 2.39. The van der Waals surface area contributed by atoms with E-state index in [1.807, 2.05) is 6.07 Å². The predicted octanol–water partition coefficient (Wildman–Crippen LogP) is 0.789. The van der Waals surface area contributed by atoms with Gasteiger partial charge in [-0.15, -0.1) is 0 Å². The molecule has 1 saturated heterocycles. The number of rotatable bonds is 3. The first kappa shape index (κ1) is 12.0. The summed E-state index contributed by atoms with van der Waals surface area (Å²) in [5.41, 5.74) is -0.00590. The summed E-state index contributed by atoms with van der Waals surface area (Å²) < 4.78 is 5.44. The molecule has 0 spiro atoms. The first-order valence-corrected chi connectivity index (χ1v) is 5.74. The van der Waals surface area contributed by atoms with Gasteiger partial charge in [-0.1, -0.05) is 0 Å². The van der Waals surface area contributed by atoms with Crippen LogP contribution in [0.3, 0.4) is 0 Å². The van der Waals surface area contributed by atoms with E-state index in [-0.39, 0.29) is 5.91 Å². The molecule has 5 heteroatoms. The van der Waals surface area contributed by atoms with Gasteiger partial charge in [0.15, 0.2) is 0 Å². The van der Waals surface area contributed by atoms with Crippen molar-refractivity contribution in [2.75, 3.05) is 25.5 Å². The van der Waals surface area contributed by atoms with Gasteiger partial charge in [-0.05, 0) is 38.1 Å². The summed E-state index contributed by atoms with van der Waals surface area (Å²) in [4.78, 5) is 16.2. The van der Waals surface area contributed by atoms with Crippen LogP contribution in [-0.4, -0.2) is 36.7 Å². The molecule has 0 atom stereocenters. The van der Waals surface area contributed by atoms with Crippen LogP contribution >= 0.6 is 0 Å². The summed E-state index contributed by atoms with van der Waals surface area (Å²) in [5, 5.41) is 6.07. The number of nitrogens with zero attached hydrogens (tertiary/aromatic N) is 1. The summed E-state index contributed by atoms with van der Waals surface area (Å²) in [7, 11) is 1.59. The lowest BCUT2D eigenvalue weighted by Gasteiger charge is -2.34. The predicted molar refractivity (Wildman–Crippen MR) is 64.7 cm³/mol. The monoisotopic (exact) mass is 235 g/mol. The highest BCUT2D eigenvalue weighted by atomic mass is 16.5. The number of piperidine rings is 1. The molecule has 1 amide bonds. The van der Waals surface area contributed by atoms with Crippen LogP contribution < -0.4 is 10.6 Å². The summed E-state index contributed by atoms with van der Waals surface area (Å²) in [6.07, 6.45) is 4.68. The minimum absolute atomic E-state index is 0.0884. The molecule has 17 heavy (non-hydrogen) atoms. The van der Waals surface area contributed by atoms with Gasteiger partial charge in [-0.2, -0.15) is 0 Å². The summed E-state index contributed by atoms with van der Waals surface area (Å²) in [5.74, 6) is -0.0884. The van der Waals surface area contributed by atoms with Crippen LogP contribution in [0.4, 0.5) is 5.69 Å². The zero-order valence-corrected chi connectivity index (χ0v) is 9.90. The number of pyridine rings is 1. The number of amides is 1. The molecule has 2 N–H and O–H groups in total. The molecule has 1 aliphatic rings. The Kier molecular flexibility index (Phi) is 3.71. The molecule has 0 aromatic carbocycles. The molecule has 1 aromatic rings. The Balaban J connectivity index is 2.07. The average molecular weight is 235 g/mol. The Bertz CT molecular complexity index is 375. The number of carbonyl (C=O) groups is 1. The van der Waals surface area contributed by atoms with Crippen LogP contribution in [0.25, 0.3) is 0 Å². The highest BCUT2D eigenvalue weighted by molar-refractivity contribution is 5.97. The Morgan fingerprint density at radius 2 is 2.29 bits per heavy atom. The number of anilines is 1. The minimum atomic E-state index is -0.707. The van der Waals surface area contributed by atoms with Gasteiger partial charge >= 0.3 is 0 Å². The van der Waals surface area contributed by atoms with Gasteiger partial charge in [0, 0.05) is 13.3 Å². The second-order valence-corrected chi connectivity index (χ2v) is 4.14. The first-order chi connectivity index (χ1) is 8.27. The van der Waals surface area contributed by atoms with Crippen molar-refractivity contribution in [1.29, 1.82) is 0 Å². The molecule has 0 unspecified atom stereocenters. The first-order valence-electron chi connectivity index (χ1n) is 5.74. The van der Waals surface area contributed by atoms with E-state index in [0.717, 1.165) is 13.1 Å². The van der Waals surface area contributed by atoms with Crippen LogP contribution in [0.2, 0.25) is 0 Å². The van der Waals surface area contributed by atoms with E-state index in [2.05, 4.69) is 15.6 Å². The molecule has 0 radical (unpaired) electrons. The van der Waals surface area contributed by atoms with E-state index in [1.54, 1.807) is 25.6 Å². The van der Waals surface area contributed by atoms with Crippen molar-refractivity contribution in [2.45, 2.75) is 18.4 Å². The second kappa shape index (κ2) is 5.25. The molecule has 2 heterocycles. The topological polar surface area (TPSA) is 63.2 Å². The fourth-order valence-corrected chi connectivity index (χ4v) is 2.04. The third-order valence-corrected chi connectivity index (χ3v) is 3.14. The van der Waals surface area contributed by atoms with Crippen molar-refractivity contribution in [3.63, 3.8) is 0 Å². The number of methoxy groups -OCH3 is 1. The molecule has 92 valence electrons. The molecule has 5 nitrogen and oxygen atoms in total. The van der Waals surface area contributed by atoms with Gasteiger partial charge in [0.2, 0.25) is 0 Å². The number of ether oxygens (including phenoxy) is 1. The van der Waals surface area contributed by atoms with Gasteiger partial charge in [-0.25, -0.2) is 0 Å². The van der Waals surface area contributed by atoms with Gasteiger partial charge in [0.1, 0.15) is 5.60 Å². The zero-order valence-electron chi connectivity index (χ0n) is 9.90. The number of hydrogen-bond donors (Lipinski definition) is 2. The van der Waals surface area contributed by atoms with Crippen molar-refractivity contribution >= 4 is 11.6 Å². The van der Waals surface area contributed by atoms with Crippen molar-refractivity contribution < 1.29 is 9.53 Å². The van der Waals surface area contributed by atoms with E-state index in [0.29, 0.717) is 18.5 Å². The minimum Gasteiger partial charge on any atom is -0.368 e. The van der Waals surface area contributed by atoms with Gasteiger partial charge < -0.3 is 15.4 Å². The Hall–Kier alpha value is -1.46. The largest absolute Gasteiger partial charge is 0.368 e. The van der Waals surface area contributed by atoms with Crippen molar-refractivity contribution in [1.82, 2.24) is 10.3 Å². The van der Waals surface area contributed by atoms with Gasteiger partial charge in [-0.3, -0.25) is 9.78 Å². The fraction of sp³-hybridized carbons (Fsp3) is 0.500. The number of nitrogens with one attached hydrogen (secondary N) is 2. The standard InChI is InChI=1S/C12H17N3O2/c1-17-12(4-7-13-8-5-12)11(16)15-10-3-2-6-14-9-10/h2-3,6,9,13H,4-5,7-8H2,1H3,(H,15,16). The highest BCUT2D eigenvalue weighted by Crippen LogP contribution is 2.24. The molecule has 0 aliphatic carbocycles. The van der Waals surface area contributed by atoms with Crippen LogP contribution in [0.1, 0.15) is 12.8 Å². The molecular weight excluding hydrogens is 218 g/mol.